The number of aromatic amines is 1. The van der Waals surface area contributed by atoms with E-state index in [1.807, 2.05) is 24.3 Å². The Morgan fingerprint density at radius 3 is 2.36 bits per heavy atom. The fourth-order valence-electron chi connectivity index (χ4n) is 4.18. The first kappa shape index (κ1) is 25.0. The van der Waals surface area contributed by atoms with Gasteiger partial charge in [0.25, 0.3) is 0 Å². The predicted octanol–water partition coefficient (Wildman–Crippen LogP) is 4.33. The third-order valence-corrected chi connectivity index (χ3v) is 7.58. The molecule has 0 aliphatic carbocycles. The number of hydrogen-bond acceptors (Lipinski definition) is 5. The average Bonchev–Trinajstić information content (AvgIpc) is 3.25. The molecule has 0 bridgehead atoms. The van der Waals surface area contributed by atoms with Crippen molar-refractivity contribution in [3.63, 3.8) is 0 Å². The number of carbonyl (C=O) groups is 1. The summed E-state index contributed by atoms with van der Waals surface area (Å²) in [6, 6.07) is 17.8. The van der Waals surface area contributed by atoms with E-state index in [0.29, 0.717) is 22.0 Å². The molecule has 1 amide bonds. The molecule has 1 saturated heterocycles. The number of H-pyrrole nitrogens is 1. The van der Waals surface area contributed by atoms with Gasteiger partial charge in [0, 0.05) is 16.7 Å². The summed E-state index contributed by atoms with van der Waals surface area (Å²) in [5.41, 5.74) is 1.04. The summed E-state index contributed by atoms with van der Waals surface area (Å²) in [5, 5.41) is 15.1. The Labute approximate surface area is 204 Å². The van der Waals surface area contributed by atoms with E-state index in [1.165, 1.54) is 0 Å². The highest BCUT2D eigenvalue weighted by Gasteiger charge is 2.27. The molecule has 0 atom stereocenters. The smallest absolute Gasteiger partial charge is 0.227 e. The number of anilines is 1. The number of para-hydroxylation sites is 1. The second-order valence-electron chi connectivity index (χ2n) is 7.75. The number of carbonyl (C=O) groups excluding carboxylic acids is 1. The van der Waals surface area contributed by atoms with E-state index >= 15 is 0 Å². The number of amides is 1. The maximum absolute atomic E-state index is 13.5. The number of hydrogen-bond donors (Lipinski definition) is 3. The number of nitrogens with one attached hydrogen (secondary N) is 3. The normalized spacial score (nSPS) is 14.4. The van der Waals surface area contributed by atoms with E-state index in [1.54, 1.807) is 36.4 Å². The summed E-state index contributed by atoms with van der Waals surface area (Å²) in [4.78, 5) is 12.9. The van der Waals surface area contributed by atoms with Crippen molar-refractivity contribution in [3.05, 3.63) is 60.7 Å². The maximum Gasteiger partial charge on any atom is 0.227 e. The Morgan fingerprint density at radius 2 is 1.58 bits per heavy atom. The zero-order valence-corrected chi connectivity index (χ0v) is 20.0. The molecular weight excluding hydrogens is 483 g/mol. The van der Waals surface area contributed by atoms with Gasteiger partial charge >= 0.3 is 0 Å². The highest BCUT2D eigenvalue weighted by molar-refractivity contribution is 7.91. The standard InChI is InChI=1S/C23H22N4O3S.2ClH/c28-22(16-11-13-24-14-12-16)25-19-9-4-8-18-21(19)26-27-23(18)31(29,30)20-10-3-6-15-5-1-2-7-17(15)20;;/h1-10,16,24H,11-14H2,(H,25,28)(H,26,27);2*1H. The van der Waals surface area contributed by atoms with Gasteiger partial charge < -0.3 is 10.6 Å². The largest absolute Gasteiger partial charge is 0.324 e. The van der Waals surface area contributed by atoms with Gasteiger partial charge in [0.15, 0.2) is 5.03 Å². The van der Waals surface area contributed by atoms with Gasteiger partial charge in [0.05, 0.1) is 16.1 Å². The number of aromatic nitrogens is 2. The molecule has 0 unspecified atom stereocenters. The number of fused-ring (bicyclic) bond motifs is 2. The second kappa shape index (κ2) is 10.1. The van der Waals surface area contributed by atoms with Gasteiger partial charge in [0.1, 0.15) is 0 Å². The van der Waals surface area contributed by atoms with E-state index in [2.05, 4.69) is 20.8 Å². The first-order valence-electron chi connectivity index (χ1n) is 10.3. The molecule has 7 nitrogen and oxygen atoms in total. The lowest BCUT2D eigenvalue weighted by atomic mass is 9.97. The first-order chi connectivity index (χ1) is 15.1. The van der Waals surface area contributed by atoms with Crippen molar-refractivity contribution in [2.75, 3.05) is 18.4 Å². The first-order valence-corrected chi connectivity index (χ1v) is 11.8. The number of halogens is 2. The monoisotopic (exact) mass is 506 g/mol. The van der Waals surface area contributed by atoms with Crippen molar-refractivity contribution in [3.8, 4) is 0 Å². The van der Waals surface area contributed by atoms with Gasteiger partial charge in [-0.15, -0.1) is 24.8 Å². The van der Waals surface area contributed by atoms with Crippen molar-refractivity contribution in [1.29, 1.82) is 0 Å². The summed E-state index contributed by atoms with van der Waals surface area (Å²) in [5.74, 6) is -0.111. The maximum atomic E-state index is 13.5. The molecule has 33 heavy (non-hydrogen) atoms. The van der Waals surface area contributed by atoms with Crippen LogP contribution in [-0.2, 0) is 14.6 Å². The number of nitrogens with zero attached hydrogens (tertiary/aromatic N) is 1. The third kappa shape index (κ3) is 4.56. The predicted molar refractivity (Wildman–Crippen MR) is 134 cm³/mol. The van der Waals surface area contributed by atoms with Crippen molar-refractivity contribution < 1.29 is 13.2 Å². The minimum atomic E-state index is -3.88. The van der Waals surface area contributed by atoms with Gasteiger partial charge in [-0.3, -0.25) is 9.89 Å². The van der Waals surface area contributed by atoms with Crippen molar-refractivity contribution in [2.24, 2.45) is 5.92 Å². The van der Waals surface area contributed by atoms with Gasteiger partial charge in [-0.2, -0.15) is 5.10 Å². The molecule has 1 aromatic heterocycles. The molecule has 0 saturated carbocycles. The molecule has 4 aromatic rings. The molecule has 1 fully saturated rings. The van der Waals surface area contributed by atoms with Gasteiger partial charge in [-0.25, -0.2) is 8.42 Å². The Hall–Kier alpha value is -2.65. The summed E-state index contributed by atoms with van der Waals surface area (Å²) in [6.07, 6.45) is 1.57. The lowest BCUT2D eigenvalue weighted by molar-refractivity contribution is -0.120. The lowest BCUT2D eigenvalue weighted by Gasteiger charge is -2.21. The fraction of sp³-hybridized carbons (Fsp3) is 0.217. The minimum Gasteiger partial charge on any atom is -0.324 e. The summed E-state index contributed by atoms with van der Waals surface area (Å²) in [7, 11) is -3.88. The van der Waals surface area contributed by atoms with Gasteiger partial charge in [-0.1, -0.05) is 42.5 Å². The fourth-order valence-corrected chi connectivity index (χ4v) is 5.75. The van der Waals surface area contributed by atoms with E-state index < -0.39 is 9.84 Å². The molecule has 5 rings (SSSR count). The minimum absolute atomic E-state index is 0. The van der Waals surface area contributed by atoms with Crippen molar-refractivity contribution in [1.82, 2.24) is 15.5 Å². The molecular formula is C23H24Cl2N4O3S. The highest BCUT2D eigenvalue weighted by Crippen LogP contribution is 2.33. The molecule has 3 aromatic carbocycles. The van der Waals surface area contributed by atoms with Crippen LogP contribution in [0.1, 0.15) is 12.8 Å². The van der Waals surface area contributed by atoms with Crippen molar-refractivity contribution >= 4 is 67.9 Å². The Bertz CT molecular complexity index is 1390. The number of benzene rings is 3. The van der Waals surface area contributed by atoms with Crippen LogP contribution >= 0.6 is 24.8 Å². The topological polar surface area (TPSA) is 104 Å². The van der Waals surface area contributed by atoms with Crippen LogP contribution in [0.25, 0.3) is 21.7 Å². The third-order valence-electron chi connectivity index (χ3n) is 5.83. The molecule has 174 valence electrons. The molecule has 0 spiro atoms. The van der Waals surface area contributed by atoms with E-state index in [9.17, 15) is 13.2 Å². The van der Waals surface area contributed by atoms with Crippen LogP contribution < -0.4 is 10.6 Å². The summed E-state index contributed by atoms with van der Waals surface area (Å²) >= 11 is 0. The van der Waals surface area contributed by atoms with Gasteiger partial charge in [-0.05, 0) is 49.5 Å². The van der Waals surface area contributed by atoms with E-state index in [-0.39, 0.29) is 46.6 Å². The summed E-state index contributed by atoms with van der Waals surface area (Å²) < 4.78 is 27.1. The quantitative estimate of drug-likeness (QED) is 0.382. The Morgan fingerprint density at radius 1 is 0.909 bits per heavy atom. The highest BCUT2D eigenvalue weighted by atomic mass is 35.5. The Kier molecular flexibility index (Phi) is 7.64. The average molecular weight is 507 g/mol. The second-order valence-corrected chi connectivity index (χ2v) is 9.58. The van der Waals surface area contributed by atoms with Crippen LogP contribution in [0.15, 0.2) is 70.6 Å². The molecule has 10 heteroatoms. The van der Waals surface area contributed by atoms with Crippen LogP contribution in [0, 0.1) is 5.92 Å². The molecule has 1 aliphatic rings. The lowest BCUT2D eigenvalue weighted by Crippen LogP contribution is -2.34. The molecule has 0 radical (unpaired) electrons. The number of piperidine rings is 1. The number of sulfone groups is 1. The Balaban J connectivity index is 0.00000153. The van der Waals surface area contributed by atoms with Crippen molar-refractivity contribution in [2.45, 2.75) is 22.8 Å². The molecule has 1 aliphatic heterocycles. The SMILES string of the molecule is Cl.Cl.O=C(Nc1cccc2c(S(=O)(=O)c3cccc4ccccc34)n[nH]c12)C1CCNCC1. The van der Waals surface area contributed by atoms with Crippen LogP contribution in [0.5, 0.6) is 0 Å². The van der Waals surface area contributed by atoms with Crippen LogP contribution in [0.2, 0.25) is 0 Å². The summed E-state index contributed by atoms with van der Waals surface area (Å²) in [6.45, 7) is 1.64. The van der Waals surface area contributed by atoms with Crippen LogP contribution in [0.4, 0.5) is 5.69 Å². The van der Waals surface area contributed by atoms with Crippen LogP contribution in [0.3, 0.4) is 0 Å². The molecule has 2 heterocycles. The molecule has 3 N–H and O–H groups in total. The van der Waals surface area contributed by atoms with Gasteiger partial charge in [0.2, 0.25) is 15.7 Å². The zero-order chi connectivity index (χ0) is 21.4. The van der Waals surface area contributed by atoms with E-state index in [4.69, 9.17) is 0 Å². The zero-order valence-electron chi connectivity index (χ0n) is 17.6. The number of rotatable bonds is 4. The van der Waals surface area contributed by atoms with E-state index in [0.717, 1.165) is 31.3 Å². The van der Waals surface area contributed by atoms with Crippen LogP contribution in [-0.4, -0.2) is 37.6 Å².